The van der Waals surface area contributed by atoms with Crippen molar-refractivity contribution in [2.75, 3.05) is 7.11 Å². The third-order valence-corrected chi connectivity index (χ3v) is 2.98. The summed E-state index contributed by atoms with van der Waals surface area (Å²) in [6.07, 6.45) is 1.25. The monoisotopic (exact) mass is 270 g/mol. The lowest BCUT2D eigenvalue weighted by atomic mass is 10.3. The average molecular weight is 271 g/mol. The Labute approximate surface area is 95.6 Å². The van der Waals surface area contributed by atoms with Gasteiger partial charge in [0.15, 0.2) is 0 Å². The lowest BCUT2D eigenvalue weighted by Gasteiger charge is -2.00. The van der Waals surface area contributed by atoms with Crippen LogP contribution in [0.3, 0.4) is 0 Å². The van der Waals surface area contributed by atoms with Crippen LogP contribution < -0.4 is 4.74 Å². The number of fused-ring (bicyclic) bond motifs is 1. The first kappa shape index (κ1) is 10.4. The van der Waals surface area contributed by atoms with Crippen LogP contribution in [0.5, 0.6) is 5.75 Å². The van der Waals surface area contributed by atoms with E-state index in [0.717, 1.165) is 16.0 Å². The summed E-state index contributed by atoms with van der Waals surface area (Å²) in [7, 11) is 1.61. The van der Waals surface area contributed by atoms with E-state index < -0.39 is 6.10 Å². The Morgan fingerprint density at radius 2 is 2.33 bits per heavy atom. The predicted molar refractivity (Wildman–Crippen MR) is 60.1 cm³/mol. The fourth-order valence-corrected chi connectivity index (χ4v) is 2.13. The van der Waals surface area contributed by atoms with Crippen molar-refractivity contribution in [3.8, 4) is 5.75 Å². The maximum absolute atomic E-state index is 9.49. The minimum absolute atomic E-state index is 0.592. The van der Waals surface area contributed by atoms with E-state index in [0.29, 0.717) is 5.69 Å². The number of nitrogens with zero attached hydrogens (tertiary/aromatic N) is 2. The van der Waals surface area contributed by atoms with E-state index in [1.54, 1.807) is 14.0 Å². The molecule has 0 aliphatic carbocycles. The molecule has 0 amide bonds. The summed E-state index contributed by atoms with van der Waals surface area (Å²) in [5.74, 6) is 0.747. The van der Waals surface area contributed by atoms with Crippen LogP contribution in [0.2, 0.25) is 0 Å². The molecular formula is C10H11BrN2O2. The largest absolute Gasteiger partial charge is 0.497 e. The predicted octanol–water partition coefficient (Wildman–Crippen LogP) is 2.16. The van der Waals surface area contributed by atoms with Gasteiger partial charge in [0, 0.05) is 12.3 Å². The van der Waals surface area contributed by atoms with Gasteiger partial charge in [-0.3, -0.25) is 4.40 Å². The minimum atomic E-state index is -0.592. The Morgan fingerprint density at radius 3 is 2.93 bits per heavy atom. The summed E-state index contributed by atoms with van der Waals surface area (Å²) in [6.45, 7) is 1.68. The Morgan fingerprint density at radius 1 is 1.60 bits per heavy atom. The fourth-order valence-electron chi connectivity index (χ4n) is 1.41. The van der Waals surface area contributed by atoms with E-state index in [9.17, 15) is 5.11 Å². The summed E-state index contributed by atoms with van der Waals surface area (Å²) in [6, 6.07) is 3.65. The van der Waals surface area contributed by atoms with Crippen LogP contribution in [-0.4, -0.2) is 21.6 Å². The number of aliphatic hydroxyl groups is 1. The first-order chi connectivity index (χ1) is 7.13. The molecule has 0 aliphatic heterocycles. The molecule has 15 heavy (non-hydrogen) atoms. The van der Waals surface area contributed by atoms with Crippen LogP contribution in [-0.2, 0) is 0 Å². The van der Waals surface area contributed by atoms with Gasteiger partial charge in [0.2, 0.25) is 0 Å². The molecule has 4 nitrogen and oxygen atoms in total. The van der Waals surface area contributed by atoms with Gasteiger partial charge in [0.1, 0.15) is 21.7 Å². The van der Waals surface area contributed by atoms with Crippen LogP contribution in [0.25, 0.3) is 5.65 Å². The second-order valence-corrected chi connectivity index (χ2v) is 4.01. The number of imidazole rings is 1. The summed E-state index contributed by atoms with van der Waals surface area (Å²) in [5, 5.41) is 9.49. The van der Waals surface area contributed by atoms with Crippen molar-refractivity contribution in [3.05, 3.63) is 28.6 Å². The maximum atomic E-state index is 9.49. The molecule has 2 rings (SSSR count). The number of ether oxygens (including phenoxy) is 1. The Hall–Kier alpha value is -1.07. The second kappa shape index (κ2) is 3.83. The molecule has 1 unspecified atom stereocenters. The quantitative estimate of drug-likeness (QED) is 0.910. The molecule has 1 N–H and O–H groups in total. The first-order valence-corrected chi connectivity index (χ1v) is 5.32. The summed E-state index contributed by atoms with van der Waals surface area (Å²) in [5.41, 5.74) is 1.38. The van der Waals surface area contributed by atoms with Gasteiger partial charge in [0.05, 0.1) is 13.2 Å². The molecule has 80 valence electrons. The highest BCUT2D eigenvalue weighted by Gasteiger charge is 2.13. The molecule has 2 aromatic rings. The number of rotatable bonds is 2. The van der Waals surface area contributed by atoms with Crippen LogP contribution >= 0.6 is 15.9 Å². The molecule has 0 bridgehead atoms. The molecule has 2 aromatic heterocycles. The van der Waals surface area contributed by atoms with Crippen LogP contribution in [0, 0.1) is 0 Å². The van der Waals surface area contributed by atoms with E-state index in [1.165, 1.54) is 0 Å². The van der Waals surface area contributed by atoms with Gasteiger partial charge in [-0.2, -0.15) is 0 Å². The molecule has 0 radical (unpaired) electrons. The van der Waals surface area contributed by atoms with Crippen molar-refractivity contribution in [2.24, 2.45) is 0 Å². The molecule has 0 aromatic carbocycles. The van der Waals surface area contributed by atoms with Crippen LogP contribution in [0.15, 0.2) is 22.9 Å². The molecule has 1 atom stereocenters. The number of pyridine rings is 1. The Balaban J connectivity index is 2.65. The molecule has 0 aliphatic rings. The van der Waals surface area contributed by atoms with Crippen molar-refractivity contribution in [1.29, 1.82) is 0 Å². The van der Waals surface area contributed by atoms with Crippen molar-refractivity contribution in [1.82, 2.24) is 9.38 Å². The van der Waals surface area contributed by atoms with Gasteiger partial charge >= 0.3 is 0 Å². The molecule has 0 spiro atoms. The van der Waals surface area contributed by atoms with Crippen molar-refractivity contribution < 1.29 is 9.84 Å². The second-order valence-electron chi connectivity index (χ2n) is 3.26. The highest BCUT2D eigenvalue weighted by Crippen LogP contribution is 2.25. The number of aliphatic hydroxyl groups excluding tert-OH is 1. The van der Waals surface area contributed by atoms with Crippen molar-refractivity contribution >= 4 is 21.6 Å². The highest BCUT2D eigenvalue weighted by molar-refractivity contribution is 9.10. The van der Waals surface area contributed by atoms with Crippen LogP contribution in [0.1, 0.15) is 18.7 Å². The lowest BCUT2D eigenvalue weighted by Crippen LogP contribution is -1.91. The molecule has 0 fully saturated rings. The summed E-state index contributed by atoms with van der Waals surface area (Å²) >= 11 is 3.40. The number of hydrogen-bond acceptors (Lipinski definition) is 3. The molecule has 0 saturated heterocycles. The first-order valence-electron chi connectivity index (χ1n) is 4.53. The molecule has 0 saturated carbocycles. The van der Waals surface area contributed by atoms with Gasteiger partial charge in [0.25, 0.3) is 0 Å². The van der Waals surface area contributed by atoms with E-state index in [1.807, 2.05) is 22.7 Å². The summed E-state index contributed by atoms with van der Waals surface area (Å²) in [4.78, 5) is 4.31. The molecular weight excluding hydrogens is 260 g/mol. The zero-order chi connectivity index (χ0) is 11.0. The zero-order valence-corrected chi connectivity index (χ0v) is 10.0. The van der Waals surface area contributed by atoms with Gasteiger partial charge in [-0.05, 0) is 28.9 Å². The van der Waals surface area contributed by atoms with E-state index in [-0.39, 0.29) is 0 Å². The standard InChI is InChI=1S/C10H11BrN2O2/c1-6(14)9-10(11)13-4-3-7(15-2)5-8(13)12-9/h3-6,14H,1-2H3. The number of aromatic nitrogens is 2. The Kier molecular flexibility index (Phi) is 2.67. The topological polar surface area (TPSA) is 46.8 Å². The third kappa shape index (κ3) is 1.72. The lowest BCUT2D eigenvalue weighted by molar-refractivity contribution is 0.194. The SMILES string of the molecule is COc1ccn2c(Br)c(C(C)O)nc2c1. The molecule has 2 heterocycles. The zero-order valence-electron chi connectivity index (χ0n) is 8.44. The maximum Gasteiger partial charge on any atom is 0.141 e. The number of halogens is 1. The van der Waals surface area contributed by atoms with Crippen LogP contribution in [0.4, 0.5) is 0 Å². The number of hydrogen-bond donors (Lipinski definition) is 1. The Bertz CT molecular complexity index is 493. The number of methoxy groups -OCH3 is 1. The van der Waals surface area contributed by atoms with Crippen molar-refractivity contribution in [2.45, 2.75) is 13.0 Å². The summed E-state index contributed by atoms with van der Waals surface area (Å²) < 4.78 is 7.73. The van der Waals surface area contributed by atoms with Crippen molar-refractivity contribution in [3.63, 3.8) is 0 Å². The van der Waals surface area contributed by atoms with Gasteiger partial charge < -0.3 is 9.84 Å². The van der Waals surface area contributed by atoms with Gasteiger partial charge in [-0.25, -0.2) is 4.98 Å². The molecule has 5 heteroatoms. The minimum Gasteiger partial charge on any atom is -0.497 e. The normalized spacial score (nSPS) is 13.1. The van der Waals surface area contributed by atoms with E-state index in [4.69, 9.17) is 4.74 Å². The third-order valence-electron chi connectivity index (χ3n) is 2.20. The average Bonchev–Trinajstić information content (AvgIpc) is 2.55. The highest BCUT2D eigenvalue weighted by atomic mass is 79.9. The van der Waals surface area contributed by atoms with E-state index >= 15 is 0 Å². The van der Waals surface area contributed by atoms with E-state index in [2.05, 4.69) is 20.9 Å². The van der Waals surface area contributed by atoms with Gasteiger partial charge in [-0.15, -0.1) is 0 Å². The smallest absolute Gasteiger partial charge is 0.141 e. The fraction of sp³-hybridized carbons (Fsp3) is 0.300. The van der Waals surface area contributed by atoms with Gasteiger partial charge in [-0.1, -0.05) is 0 Å².